The summed E-state index contributed by atoms with van der Waals surface area (Å²) in [5, 5.41) is 9.47. The van der Waals surface area contributed by atoms with Gasteiger partial charge >= 0.3 is 0 Å². The zero-order valence-corrected chi connectivity index (χ0v) is 10.6. The third-order valence-corrected chi connectivity index (χ3v) is 3.21. The standard InChI is InChI=1S/C17H15N2/c18-17(13-14-7-2-1-3-8-14)19-12-6-10-15-9-4-5-11-16(15)19/h1-12,18H,13H2/q+1. The lowest BCUT2D eigenvalue weighted by Crippen LogP contribution is -2.43. The van der Waals surface area contributed by atoms with Crippen LogP contribution in [0.1, 0.15) is 5.56 Å². The predicted octanol–water partition coefficient (Wildman–Crippen LogP) is 3.20. The van der Waals surface area contributed by atoms with Gasteiger partial charge in [-0.1, -0.05) is 48.5 Å². The molecule has 1 N–H and O–H groups in total. The maximum absolute atomic E-state index is 8.31. The summed E-state index contributed by atoms with van der Waals surface area (Å²) in [6.45, 7) is 0. The van der Waals surface area contributed by atoms with Crippen LogP contribution in [-0.2, 0) is 6.42 Å². The van der Waals surface area contributed by atoms with Gasteiger partial charge in [0.25, 0.3) is 5.84 Å². The third kappa shape index (κ3) is 2.38. The molecule has 2 heteroatoms. The van der Waals surface area contributed by atoms with Crippen LogP contribution in [0.4, 0.5) is 0 Å². The molecule has 92 valence electrons. The van der Waals surface area contributed by atoms with Gasteiger partial charge in [-0.25, -0.2) is 0 Å². The van der Waals surface area contributed by atoms with Crippen molar-refractivity contribution in [3.05, 3.63) is 78.5 Å². The highest BCUT2D eigenvalue weighted by Gasteiger charge is 2.12. The van der Waals surface area contributed by atoms with Crippen LogP contribution in [0.5, 0.6) is 0 Å². The first-order chi connectivity index (χ1) is 9.34. The van der Waals surface area contributed by atoms with E-state index in [1.54, 1.807) is 0 Å². The van der Waals surface area contributed by atoms with Crippen molar-refractivity contribution in [3.63, 3.8) is 0 Å². The third-order valence-electron chi connectivity index (χ3n) is 3.21. The van der Waals surface area contributed by atoms with E-state index in [4.69, 9.17) is 5.41 Å². The minimum Gasteiger partial charge on any atom is -0.200 e. The second-order valence-electron chi connectivity index (χ2n) is 4.55. The molecule has 0 aliphatic rings. The van der Waals surface area contributed by atoms with Gasteiger partial charge in [0.2, 0.25) is 0 Å². The van der Waals surface area contributed by atoms with Gasteiger partial charge in [0.05, 0.1) is 12.6 Å². The Morgan fingerprint density at radius 3 is 2.37 bits per heavy atom. The average molecular weight is 247 g/mol. The molecule has 0 saturated carbocycles. The van der Waals surface area contributed by atoms with Crippen LogP contribution in [-0.4, -0.2) is 5.84 Å². The summed E-state index contributed by atoms with van der Waals surface area (Å²) in [6.07, 6.45) is 2.59. The van der Waals surface area contributed by atoms with Crippen LogP contribution in [0, 0.1) is 5.41 Å². The van der Waals surface area contributed by atoms with Crippen molar-refractivity contribution in [2.75, 3.05) is 0 Å². The first kappa shape index (κ1) is 11.6. The fourth-order valence-electron chi connectivity index (χ4n) is 2.27. The molecule has 0 unspecified atom stereocenters. The molecule has 19 heavy (non-hydrogen) atoms. The lowest BCUT2D eigenvalue weighted by atomic mass is 10.1. The maximum atomic E-state index is 8.31. The number of hydrogen-bond acceptors (Lipinski definition) is 1. The van der Waals surface area contributed by atoms with Gasteiger partial charge in [-0.15, -0.1) is 5.41 Å². The van der Waals surface area contributed by atoms with E-state index in [-0.39, 0.29) is 0 Å². The van der Waals surface area contributed by atoms with E-state index in [0.717, 1.165) is 16.5 Å². The molecule has 2 nitrogen and oxygen atoms in total. The minimum absolute atomic E-state index is 0.586. The monoisotopic (exact) mass is 247 g/mol. The first-order valence-corrected chi connectivity index (χ1v) is 6.36. The molecule has 0 fully saturated rings. The Hall–Kier alpha value is -2.48. The number of rotatable bonds is 2. The quantitative estimate of drug-likeness (QED) is 0.409. The Labute approximate surface area is 112 Å². The van der Waals surface area contributed by atoms with E-state index in [2.05, 4.69) is 30.3 Å². The molecule has 2 aromatic carbocycles. The maximum Gasteiger partial charge on any atom is 0.299 e. The molecule has 1 aromatic heterocycles. The molecule has 0 bridgehead atoms. The van der Waals surface area contributed by atoms with Gasteiger partial charge in [-0.3, -0.25) is 0 Å². The molecule has 3 rings (SSSR count). The van der Waals surface area contributed by atoms with Crippen LogP contribution in [0.25, 0.3) is 10.9 Å². The molecule has 0 aliphatic heterocycles. The summed E-state index contributed by atoms with van der Waals surface area (Å²) in [4.78, 5) is 0. The van der Waals surface area contributed by atoms with E-state index in [0.29, 0.717) is 12.3 Å². The van der Waals surface area contributed by atoms with Crippen molar-refractivity contribution < 1.29 is 4.57 Å². The molecule has 0 radical (unpaired) electrons. The van der Waals surface area contributed by atoms with Gasteiger partial charge in [-0.2, -0.15) is 4.57 Å². The normalized spacial score (nSPS) is 10.5. The fourth-order valence-corrected chi connectivity index (χ4v) is 2.27. The summed E-state index contributed by atoms with van der Waals surface area (Å²) in [5.74, 6) is 0.586. The fraction of sp³-hybridized carbons (Fsp3) is 0.0588. The molecule has 1 heterocycles. The Kier molecular flexibility index (Phi) is 3.07. The van der Waals surface area contributed by atoms with Gasteiger partial charge in [0.15, 0.2) is 0 Å². The van der Waals surface area contributed by atoms with Crippen molar-refractivity contribution in [2.24, 2.45) is 0 Å². The van der Waals surface area contributed by atoms with Gasteiger partial charge in [0.1, 0.15) is 5.52 Å². The van der Waals surface area contributed by atoms with E-state index >= 15 is 0 Å². The highest BCUT2D eigenvalue weighted by atomic mass is 15.0. The summed E-state index contributed by atoms with van der Waals surface area (Å²) in [6, 6.07) is 22.3. The molecule has 0 atom stereocenters. The smallest absolute Gasteiger partial charge is 0.200 e. The average Bonchev–Trinajstić information content (AvgIpc) is 2.47. The van der Waals surface area contributed by atoms with E-state index in [9.17, 15) is 0 Å². The van der Waals surface area contributed by atoms with Crippen molar-refractivity contribution in [3.8, 4) is 0 Å². The predicted molar refractivity (Wildman–Crippen MR) is 77.4 cm³/mol. The highest BCUT2D eigenvalue weighted by molar-refractivity contribution is 5.81. The summed E-state index contributed by atoms with van der Waals surface area (Å²) in [7, 11) is 0. The molecular formula is C17H15N2+. The second-order valence-corrected chi connectivity index (χ2v) is 4.55. The van der Waals surface area contributed by atoms with Gasteiger partial charge in [0, 0.05) is 5.39 Å². The molecular weight excluding hydrogens is 232 g/mol. The van der Waals surface area contributed by atoms with Gasteiger partial charge < -0.3 is 0 Å². The van der Waals surface area contributed by atoms with Crippen molar-refractivity contribution in [1.29, 1.82) is 5.41 Å². The Bertz CT molecular complexity index is 712. The molecule has 0 saturated heterocycles. The van der Waals surface area contributed by atoms with E-state index in [1.807, 2.05) is 47.2 Å². The zero-order valence-electron chi connectivity index (χ0n) is 10.6. The molecule has 0 aliphatic carbocycles. The van der Waals surface area contributed by atoms with Crippen molar-refractivity contribution in [1.82, 2.24) is 0 Å². The Balaban J connectivity index is 1.98. The minimum atomic E-state index is 0.586. The number of nitrogens with one attached hydrogen (secondary N) is 1. The van der Waals surface area contributed by atoms with Gasteiger partial charge in [-0.05, 0) is 23.8 Å². The van der Waals surface area contributed by atoms with Crippen LogP contribution in [0.15, 0.2) is 72.9 Å². The molecule has 0 spiro atoms. The van der Waals surface area contributed by atoms with Crippen LogP contribution >= 0.6 is 0 Å². The van der Waals surface area contributed by atoms with Crippen LogP contribution in [0.3, 0.4) is 0 Å². The SMILES string of the molecule is N=C(Cc1ccccc1)[n+]1cccc2ccccc21. The summed E-state index contributed by atoms with van der Waals surface area (Å²) in [5.41, 5.74) is 2.24. The lowest BCUT2D eigenvalue weighted by molar-refractivity contribution is -0.529. The topological polar surface area (TPSA) is 27.7 Å². The van der Waals surface area contributed by atoms with Crippen LogP contribution in [0.2, 0.25) is 0 Å². The number of para-hydroxylation sites is 1. The number of aromatic nitrogens is 1. The largest absolute Gasteiger partial charge is 0.299 e. The first-order valence-electron chi connectivity index (χ1n) is 6.36. The number of hydrogen-bond donors (Lipinski definition) is 1. The number of nitrogens with zero attached hydrogens (tertiary/aromatic N) is 1. The summed E-state index contributed by atoms with van der Waals surface area (Å²) < 4.78 is 1.95. The molecule has 3 aromatic rings. The summed E-state index contributed by atoms with van der Waals surface area (Å²) >= 11 is 0. The second kappa shape index (κ2) is 5.02. The Morgan fingerprint density at radius 2 is 1.53 bits per heavy atom. The Morgan fingerprint density at radius 1 is 0.842 bits per heavy atom. The lowest BCUT2D eigenvalue weighted by Gasteiger charge is -2.04. The zero-order chi connectivity index (χ0) is 13.1. The van der Waals surface area contributed by atoms with E-state index < -0.39 is 0 Å². The highest BCUT2D eigenvalue weighted by Crippen LogP contribution is 2.08. The van der Waals surface area contributed by atoms with E-state index in [1.165, 1.54) is 0 Å². The van der Waals surface area contributed by atoms with Crippen molar-refractivity contribution >= 4 is 16.7 Å². The van der Waals surface area contributed by atoms with Crippen molar-refractivity contribution in [2.45, 2.75) is 6.42 Å². The number of pyridine rings is 1. The van der Waals surface area contributed by atoms with Crippen LogP contribution < -0.4 is 4.57 Å². The number of benzene rings is 2. The number of fused-ring (bicyclic) bond motifs is 1. The molecule has 0 amide bonds.